The summed E-state index contributed by atoms with van der Waals surface area (Å²) in [6, 6.07) is 18.2. The smallest absolute Gasteiger partial charge is 0.255 e. The van der Waals surface area contributed by atoms with Gasteiger partial charge in [-0.3, -0.25) is 14.5 Å². The molecule has 1 fully saturated rings. The SMILES string of the molecule is O=C1C(N(C(=O)COCc2ccc(F)cc2)c2cccc(F)c2)c2ccccc2N1C1CCCCC1. The van der Waals surface area contributed by atoms with E-state index in [1.807, 2.05) is 29.2 Å². The van der Waals surface area contributed by atoms with Gasteiger partial charge in [-0.15, -0.1) is 0 Å². The van der Waals surface area contributed by atoms with Crippen LogP contribution in [0.3, 0.4) is 0 Å². The van der Waals surface area contributed by atoms with Crippen LogP contribution in [0.25, 0.3) is 0 Å². The lowest BCUT2D eigenvalue weighted by molar-refractivity contribution is -0.127. The van der Waals surface area contributed by atoms with Crippen molar-refractivity contribution in [3.05, 3.63) is 95.6 Å². The van der Waals surface area contributed by atoms with Crippen molar-refractivity contribution in [3.63, 3.8) is 0 Å². The van der Waals surface area contributed by atoms with Crippen LogP contribution in [0.5, 0.6) is 0 Å². The number of amides is 2. The molecule has 5 nitrogen and oxygen atoms in total. The van der Waals surface area contributed by atoms with E-state index in [-0.39, 0.29) is 31.0 Å². The number of halogens is 2. The molecule has 1 saturated carbocycles. The van der Waals surface area contributed by atoms with Crippen LogP contribution in [-0.4, -0.2) is 24.5 Å². The maximum absolute atomic E-state index is 14.2. The van der Waals surface area contributed by atoms with Crippen molar-refractivity contribution in [2.75, 3.05) is 16.4 Å². The Balaban J connectivity index is 1.45. The molecule has 7 heteroatoms. The summed E-state index contributed by atoms with van der Waals surface area (Å²) in [4.78, 5) is 30.7. The number of carbonyl (C=O) groups excluding carboxylic acids is 2. The van der Waals surface area contributed by atoms with Crippen LogP contribution in [0.1, 0.15) is 49.3 Å². The van der Waals surface area contributed by atoms with Gasteiger partial charge in [-0.2, -0.15) is 0 Å². The van der Waals surface area contributed by atoms with Crippen molar-refractivity contribution >= 4 is 23.2 Å². The molecule has 2 amide bonds. The Morgan fingerprint density at radius 2 is 1.67 bits per heavy atom. The molecular weight excluding hydrogens is 462 g/mol. The van der Waals surface area contributed by atoms with Gasteiger partial charge in [-0.1, -0.05) is 55.7 Å². The summed E-state index contributed by atoms with van der Waals surface area (Å²) in [5, 5.41) is 0. The Morgan fingerprint density at radius 3 is 2.42 bits per heavy atom. The van der Waals surface area contributed by atoms with E-state index in [1.165, 1.54) is 35.2 Å². The van der Waals surface area contributed by atoms with Crippen molar-refractivity contribution in [3.8, 4) is 0 Å². The molecule has 1 unspecified atom stereocenters. The minimum absolute atomic E-state index is 0.0802. The van der Waals surface area contributed by atoms with E-state index >= 15 is 0 Å². The zero-order valence-electron chi connectivity index (χ0n) is 19.9. The summed E-state index contributed by atoms with van der Waals surface area (Å²) in [6.45, 7) is -0.213. The van der Waals surface area contributed by atoms with E-state index in [9.17, 15) is 18.4 Å². The fourth-order valence-corrected chi connectivity index (χ4v) is 5.26. The third kappa shape index (κ3) is 4.88. The Bertz CT molecular complexity index is 1240. The van der Waals surface area contributed by atoms with Gasteiger partial charge in [-0.25, -0.2) is 8.78 Å². The van der Waals surface area contributed by atoms with Crippen molar-refractivity contribution in [2.45, 2.75) is 50.8 Å². The standard InChI is InChI=1S/C29H28F2N2O3/c30-21-15-13-20(14-16-21)18-36-19-27(34)33(24-10-6-7-22(31)17-24)28-25-11-4-5-12-26(25)32(29(28)35)23-8-2-1-3-9-23/h4-7,10-17,23,28H,1-3,8-9,18-19H2. The van der Waals surface area contributed by atoms with Crippen molar-refractivity contribution < 1.29 is 23.1 Å². The fourth-order valence-electron chi connectivity index (χ4n) is 5.26. The maximum atomic E-state index is 14.2. The Labute approximate surface area is 209 Å². The summed E-state index contributed by atoms with van der Waals surface area (Å²) in [7, 11) is 0. The first-order valence-electron chi connectivity index (χ1n) is 12.3. The summed E-state index contributed by atoms with van der Waals surface area (Å²) in [5.41, 5.74) is 2.54. The highest BCUT2D eigenvalue weighted by atomic mass is 19.1. The number of nitrogens with zero attached hydrogens (tertiary/aromatic N) is 2. The summed E-state index contributed by atoms with van der Waals surface area (Å²) in [6.07, 6.45) is 5.11. The molecular formula is C29H28F2N2O3. The van der Waals surface area contributed by atoms with Crippen molar-refractivity contribution in [1.29, 1.82) is 0 Å². The van der Waals surface area contributed by atoms with Gasteiger partial charge in [0.25, 0.3) is 11.8 Å². The highest BCUT2D eigenvalue weighted by molar-refractivity contribution is 6.11. The molecule has 36 heavy (non-hydrogen) atoms. The monoisotopic (exact) mass is 490 g/mol. The second-order valence-corrected chi connectivity index (χ2v) is 9.32. The Kier molecular flexibility index (Phi) is 7.09. The van der Waals surface area contributed by atoms with Crippen molar-refractivity contribution in [2.24, 2.45) is 0 Å². The largest absolute Gasteiger partial charge is 0.367 e. The van der Waals surface area contributed by atoms with Crippen LogP contribution in [-0.2, 0) is 20.9 Å². The molecule has 3 aromatic rings. The van der Waals surface area contributed by atoms with E-state index in [4.69, 9.17) is 4.74 Å². The normalized spacial score (nSPS) is 17.8. The third-order valence-corrected chi connectivity index (χ3v) is 6.92. The number of para-hydroxylation sites is 1. The van der Waals surface area contributed by atoms with Gasteiger partial charge < -0.3 is 9.64 Å². The number of hydrogen-bond donors (Lipinski definition) is 0. The van der Waals surface area contributed by atoms with E-state index in [0.717, 1.165) is 43.4 Å². The number of fused-ring (bicyclic) bond motifs is 1. The van der Waals surface area contributed by atoms with Crippen LogP contribution in [0, 0.1) is 11.6 Å². The van der Waals surface area contributed by atoms with Crippen LogP contribution in [0.2, 0.25) is 0 Å². The van der Waals surface area contributed by atoms with Crippen LogP contribution in [0.15, 0.2) is 72.8 Å². The lowest BCUT2D eigenvalue weighted by atomic mass is 9.94. The third-order valence-electron chi connectivity index (χ3n) is 6.92. The number of hydrogen-bond acceptors (Lipinski definition) is 3. The number of benzene rings is 3. The zero-order valence-corrected chi connectivity index (χ0v) is 19.9. The van der Waals surface area contributed by atoms with Crippen LogP contribution in [0.4, 0.5) is 20.2 Å². The van der Waals surface area contributed by atoms with E-state index in [2.05, 4.69) is 0 Å². The van der Waals surface area contributed by atoms with Gasteiger partial charge >= 0.3 is 0 Å². The predicted octanol–water partition coefficient (Wildman–Crippen LogP) is 5.94. The molecule has 0 spiro atoms. The molecule has 1 atom stereocenters. The van der Waals surface area contributed by atoms with Crippen molar-refractivity contribution in [1.82, 2.24) is 0 Å². The highest BCUT2D eigenvalue weighted by Crippen LogP contribution is 2.44. The quantitative estimate of drug-likeness (QED) is 0.412. The number of carbonyl (C=O) groups is 2. The zero-order chi connectivity index (χ0) is 25.1. The van der Waals surface area contributed by atoms with Gasteiger partial charge in [0.1, 0.15) is 24.3 Å². The topological polar surface area (TPSA) is 49.9 Å². The Morgan fingerprint density at radius 1 is 0.917 bits per heavy atom. The molecule has 0 bridgehead atoms. The first-order valence-corrected chi connectivity index (χ1v) is 12.3. The Hall–Kier alpha value is -3.58. The first kappa shape index (κ1) is 24.1. The lowest BCUT2D eigenvalue weighted by Crippen LogP contribution is -2.46. The first-order chi connectivity index (χ1) is 17.5. The van der Waals surface area contributed by atoms with Crippen LogP contribution >= 0.6 is 0 Å². The van der Waals surface area contributed by atoms with Gasteiger partial charge in [0.05, 0.1) is 6.61 Å². The summed E-state index contributed by atoms with van der Waals surface area (Å²) < 4.78 is 33.1. The molecule has 0 saturated heterocycles. The molecule has 0 N–H and O–H groups in total. The minimum Gasteiger partial charge on any atom is -0.367 e. The highest BCUT2D eigenvalue weighted by Gasteiger charge is 2.45. The van der Waals surface area contributed by atoms with Gasteiger partial charge in [0.15, 0.2) is 0 Å². The predicted molar refractivity (Wildman–Crippen MR) is 133 cm³/mol. The van der Waals surface area contributed by atoms with E-state index in [1.54, 1.807) is 18.2 Å². The van der Waals surface area contributed by atoms with E-state index < -0.39 is 17.8 Å². The molecule has 0 aromatic heterocycles. The average molecular weight is 491 g/mol. The summed E-state index contributed by atoms with van der Waals surface area (Å²) in [5.74, 6) is -1.49. The molecule has 0 radical (unpaired) electrons. The number of ether oxygens (including phenoxy) is 1. The second kappa shape index (κ2) is 10.6. The molecule has 3 aromatic carbocycles. The minimum atomic E-state index is -0.910. The number of anilines is 2. The van der Waals surface area contributed by atoms with Crippen LogP contribution < -0.4 is 9.80 Å². The maximum Gasteiger partial charge on any atom is 0.255 e. The molecule has 1 heterocycles. The van der Waals surface area contributed by atoms with Gasteiger partial charge in [-0.05, 0) is 54.8 Å². The average Bonchev–Trinajstić information content (AvgIpc) is 3.18. The molecule has 186 valence electrons. The number of rotatable bonds is 7. The molecule has 1 aliphatic carbocycles. The second-order valence-electron chi connectivity index (χ2n) is 9.32. The molecule has 5 rings (SSSR count). The van der Waals surface area contributed by atoms with Gasteiger partial charge in [0, 0.05) is 23.0 Å². The fraction of sp³-hybridized carbons (Fsp3) is 0.310. The molecule has 1 aliphatic heterocycles. The summed E-state index contributed by atoms with van der Waals surface area (Å²) >= 11 is 0. The van der Waals surface area contributed by atoms with E-state index in [0.29, 0.717) is 11.3 Å². The lowest BCUT2D eigenvalue weighted by Gasteiger charge is -2.33. The molecule has 2 aliphatic rings. The van der Waals surface area contributed by atoms with Gasteiger partial charge in [0.2, 0.25) is 0 Å².